The average Bonchev–Trinajstić information content (AvgIpc) is 2.80. The van der Waals surface area contributed by atoms with E-state index in [1.807, 2.05) is 6.92 Å². The van der Waals surface area contributed by atoms with Crippen LogP contribution in [0, 0.1) is 5.92 Å². The quantitative estimate of drug-likeness (QED) is 0.788. The van der Waals surface area contributed by atoms with Gasteiger partial charge >= 0.3 is 12.0 Å². The van der Waals surface area contributed by atoms with E-state index in [9.17, 15) is 9.59 Å². The van der Waals surface area contributed by atoms with Gasteiger partial charge in [0.2, 0.25) is 0 Å². The second-order valence-electron chi connectivity index (χ2n) is 4.91. The smallest absolute Gasteiger partial charge is 0.326 e. The second kappa shape index (κ2) is 5.89. The molecular formula is C12H22N2O3. The van der Waals surface area contributed by atoms with Gasteiger partial charge in [-0.25, -0.2) is 9.59 Å². The van der Waals surface area contributed by atoms with E-state index in [0.29, 0.717) is 5.92 Å². The lowest BCUT2D eigenvalue weighted by atomic mass is 10.00. The van der Waals surface area contributed by atoms with Crippen LogP contribution in [0.1, 0.15) is 39.5 Å². The van der Waals surface area contributed by atoms with Crippen LogP contribution in [0.3, 0.4) is 0 Å². The molecule has 0 aromatic rings. The number of carbonyl (C=O) groups is 2. The van der Waals surface area contributed by atoms with Gasteiger partial charge in [-0.1, -0.05) is 12.8 Å². The van der Waals surface area contributed by atoms with Crippen LogP contribution >= 0.6 is 0 Å². The van der Waals surface area contributed by atoms with Crippen LogP contribution in [0.25, 0.3) is 0 Å². The number of hydrogen-bond acceptors (Lipinski definition) is 2. The van der Waals surface area contributed by atoms with Crippen molar-refractivity contribution in [3.05, 3.63) is 0 Å². The van der Waals surface area contributed by atoms with Gasteiger partial charge in [-0.3, -0.25) is 0 Å². The molecule has 2 amide bonds. The van der Waals surface area contributed by atoms with Crippen molar-refractivity contribution in [1.82, 2.24) is 10.2 Å². The topological polar surface area (TPSA) is 69.6 Å². The standard InChI is InChI=1S/C12H22N2O3/c1-8(10-6-4-5-7-10)13-12(17)14(3)9(2)11(15)16/h8-10H,4-7H2,1-3H3,(H,13,17)(H,15,16). The van der Waals surface area contributed by atoms with Crippen LogP contribution in [-0.2, 0) is 4.79 Å². The Bertz CT molecular complexity index is 287. The van der Waals surface area contributed by atoms with Crippen LogP contribution in [0.2, 0.25) is 0 Å². The third kappa shape index (κ3) is 3.61. The molecule has 2 atom stereocenters. The van der Waals surface area contributed by atoms with Crippen molar-refractivity contribution in [3.63, 3.8) is 0 Å². The summed E-state index contributed by atoms with van der Waals surface area (Å²) in [5.74, 6) is -0.455. The Labute approximate surface area is 102 Å². The third-order valence-electron chi connectivity index (χ3n) is 3.72. The number of rotatable bonds is 4. The lowest BCUT2D eigenvalue weighted by molar-refractivity contribution is -0.141. The lowest BCUT2D eigenvalue weighted by Gasteiger charge is -2.26. The number of urea groups is 1. The monoisotopic (exact) mass is 242 g/mol. The van der Waals surface area contributed by atoms with Crippen molar-refractivity contribution in [3.8, 4) is 0 Å². The highest BCUT2D eigenvalue weighted by Crippen LogP contribution is 2.27. The molecule has 17 heavy (non-hydrogen) atoms. The largest absolute Gasteiger partial charge is 0.480 e. The van der Waals surface area contributed by atoms with Gasteiger partial charge in [0.05, 0.1) is 0 Å². The van der Waals surface area contributed by atoms with E-state index in [4.69, 9.17) is 5.11 Å². The highest BCUT2D eigenvalue weighted by atomic mass is 16.4. The molecule has 1 aliphatic rings. The van der Waals surface area contributed by atoms with Gasteiger partial charge in [-0.2, -0.15) is 0 Å². The molecule has 0 bridgehead atoms. The van der Waals surface area contributed by atoms with Crippen LogP contribution in [0.4, 0.5) is 4.79 Å². The molecule has 0 aromatic heterocycles. The van der Waals surface area contributed by atoms with E-state index in [1.54, 1.807) is 0 Å². The predicted molar refractivity (Wildman–Crippen MR) is 64.8 cm³/mol. The van der Waals surface area contributed by atoms with Crippen molar-refractivity contribution >= 4 is 12.0 Å². The summed E-state index contributed by atoms with van der Waals surface area (Å²) in [4.78, 5) is 23.8. The van der Waals surface area contributed by atoms with E-state index in [2.05, 4.69) is 5.32 Å². The van der Waals surface area contributed by atoms with Crippen molar-refractivity contribution in [2.24, 2.45) is 5.92 Å². The summed E-state index contributed by atoms with van der Waals surface area (Å²) in [6, 6.07) is -0.987. The van der Waals surface area contributed by atoms with E-state index in [0.717, 1.165) is 12.8 Å². The van der Waals surface area contributed by atoms with Crippen LogP contribution in [0.15, 0.2) is 0 Å². The maximum Gasteiger partial charge on any atom is 0.326 e. The zero-order valence-corrected chi connectivity index (χ0v) is 10.8. The van der Waals surface area contributed by atoms with Crippen molar-refractivity contribution in [2.75, 3.05) is 7.05 Å². The molecule has 2 unspecified atom stereocenters. The summed E-state index contributed by atoms with van der Waals surface area (Å²) >= 11 is 0. The van der Waals surface area contributed by atoms with Gasteiger partial charge in [0.1, 0.15) is 6.04 Å². The predicted octanol–water partition coefficient (Wildman–Crippen LogP) is 1.68. The fraction of sp³-hybridized carbons (Fsp3) is 0.833. The molecule has 0 saturated heterocycles. The molecule has 2 N–H and O–H groups in total. The highest BCUT2D eigenvalue weighted by Gasteiger charge is 2.26. The number of amides is 2. The summed E-state index contributed by atoms with van der Waals surface area (Å²) < 4.78 is 0. The Balaban J connectivity index is 2.44. The molecule has 1 saturated carbocycles. The number of nitrogens with zero attached hydrogens (tertiary/aromatic N) is 1. The number of likely N-dealkylation sites (N-methyl/N-ethyl adjacent to an activating group) is 1. The van der Waals surface area contributed by atoms with Crippen LogP contribution < -0.4 is 5.32 Å². The minimum Gasteiger partial charge on any atom is -0.480 e. The number of carboxylic acid groups (broad SMARTS) is 1. The molecule has 0 radical (unpaired) electrons. The molecule has 1 rings (SSSR count). The number of aliphatic carboxylic acids is 1. The van der Waals surface area contributed by atoms with Crippen LogP contribution in [-0.4, -0.2) is 41.1 Å². The SMILES string of the molecule is CC(NC(=O)N(C)C(C)C(=O)O)C1CCCC1. The molecule has 1 fully saturated rings. The van der Waals surface area contributed by atoms with Gasteiger partial charge in [-0.05, 0) is 32.6 Å². The molecule has 0 aromatic carbocycles. The van der Waals surface area contributed by atoms with E-state index >= 15 is 0 Å². The molecule has 5 heteroatoms. The zero-order chi connectivity index (χ0) is 13.0. The lowest BCUT2D eigenvalue weighted by Crippen LogP contribution is -2.49. The summed E-state index contributed by atoms with van der Waals surface area (Å²) in [5.41, 5.74) is 0. The van der Waals surface area contributed by atoms with Gasteiger partial charge in [0.25, 0.3) is 0 Å². The Morgan fingerprint density at radius 2 is 1.82 bits per heavy atom. The van der Waals surface area contributed by atoms with Crippen molar-refractivity contribution in [2.45, 2.75) is 51.6 Å². The first kappa shape index (κ1) is 13.8. The first-order valence-electron chi connectivity index (χ1n) is 6.19. The molecule has 0 aliphatic heterocycles. The molecule has 0 heterocycles. The van der Waals surface area contributed by atoms with E-state index < -0.39 is 12.0 Å². The number of nitrogens with one attached hydrogen (secondary N) is 1. The summed E-state index contributed by atoms with van der Waals surface area (Å²) in [7, 11) is 1.51. The highest BCUT2D eigenvalue weighted by molar-refractivity contribution is 5.82. The van der Waals surface area contributed by atoms with Crippen LogP contribution in [0.5, 0.6) is 0 Å². The van der Waals surface area contributed by atoms with E-state index in [-0.39, 0.29) is 12.1 Å². The Kier molecular flexibility index (Phi) is 4.78. The minimum atomic E-state index is -0.990. The molecular weight excluding hydrogens is 220 g/mol. The van der Waals surface area contributed by atoms with Gasteiger partial charge in [0, 0.05) is 13.1 Å². The Morgan fingerprint density at radius 1 is 1.29 bits per heavy atom. The maximum absolute atomic E-state index is 11.8. The molecule has 5 nitrogen and oxygen atoms in total. The Morgan fingerprint density at radius 3 is 2.29 bits per heavy atom. The van der Waals surface area contributed by atoms with Gasteiger partial charge in [-0.15, -0.1) is 0 Å². The van der Waals surface area contributed by atoms with Gasteiger partial charge in [0.15, 0.2) is 0 Å². The normalized spacial score (nSPS) is 19.7. The Hall–Kier alpha value is -1.26. The molecule has 1 aliphatic carbocycles. The molecule has 98 valence electrons. The zero-order valence-electron chi connectivity index (χ0n) is 10.8. The third-order valence-corrected chi connectivity index (χ3v) is 3.72. The first-order valence-corrected chi connectivity index (χ1v) is 6.19. The fourth-order valence-electron chi connectivity index (χ4n) is 2.21. The van der Waals surface area contributed by atoms with Crippen molar-refractivity contribution in [1.29, 1.82) is 0 Å². The fourth-order valence-corrected chi connectivity index (χ4v) is 2.21. The maximum atomic E-state index is 11.8. The minimum absolute atomic E-state index is 0.119. The summed E-state index contributed by atoms with van der Waals surface area (Å²) in [6.45, 7) is 3.50. The number of hydrogen-bond donors (Lipinski definition) is 2. The average molecular weight is 242 g/mol. The first-order chi connectivity index (χ1) is 7.93. The van der Waals surface area contributed by atoms with E-state index in [1.165, 1.54) is 31.7 Å². The summed E-state index contributed by atoms with van der Waals surface area (Å²) in [5, 5.41) is 11.7. The number of carbonyl (C=O) groups excluding carboxylic acids is 1. The number of carboxylic acids is 1. The van der Waals surface area contributed by atoms with Gasteiger partial charge < -0.3 is 15.3 Å². The second-order valence-corrected chi connectivity index (χ2v) is 4.91. The van der Waals surface area contributed by atoms with Crippen molar-refractivity contribution < 1.29 is 14.7 Å². The summed E-state index contributed by atoms with van der Waals surface area (Å²) in [6.07, 6.45) is 4.76. The molecule has 0 spiro atoms.